The highest BCUT2D eigenvalue weighted by Gasteiger charge is 2.17. The van der Waals surface area contributed by atoms with Crippen molar-refractivity contribution in [3.63, 3.8) is 0 Å². The predicted molar refractivity (Wildman–Crippen MR) is 76.5 cm³/mol. The Bertz CT molecular complexity index is 805. The SMILES string of the molecule is Cc1cc(Cl)c2nc3c(F)c(C)cc(Cl)c3nc2c1F. The number of aromatic nitrogens is 2. The lowest BCUT2D eigenvalue weighted by molar-refractivity contribution is 0.624. The Kier molecular flexibility index (Phi) is 3.03. The smallest absolute Gasteiger partial charge is 0.154 e. The molecule has 0 atom stereocenters. The summed E-state index contributed by atoms with van der Waals surface area (Å²) < 4.78 is 28.2. The van der Waals surface area contributed by atoms with Gasteiger partial charge in [-0.15, -0.1) is 0 Å². The van der Waals surface area contributed by atoms with E-state index in [9.17, 15) is 8.78 Å². The molecule has 3 rings (SSSR count). The molecule has 0 N–H and O–H groups in total. The van der Waals surface area contributed by atoms with E-state index < -0.39 is 11.6 Å². The Morgan fingerprint density at radius 2 is 1.10 bits per heavy atom. The Labute approximate surface area is 123 Å². The number of hydrogen-bond donors (Lipinski definition) is 0. The molecule has 0 fully saturated rings. The summed E-state index contributed by atoms with van der Waals surface area (Å²) in [5.74, 6) is -1.06. The van der Waals surface area contributed by atoms with E-state index in [0.29, 0.717) is 11.1 Å². The second-order valence-corrected chi connectivity index (χ2v) is 5.41. The molecule has 0 radical (unpaired) electrons. The van der Waals surface area contributed by atoms with Crippen LogP contribution in [0.3, 0.4) is 0 Å². The molecular weight excluding hydrogens is 305 g/mol. The molecule has 0 aliphatic heterocycles. The van der Waals surface area contributed by atoms with Gasteiger partial charge >= 0.3 is 0 Å². The lowest BCUT2D eigenvalue weighted by atomic mass is 10.1. The summed E-state index contributed by atoms with van der Waals surface area (Å²) in [7, 11) is 0. The fourth-order valence-electron chi connectivity index (χ4n) is 2.09. The van der Waals surface area contributed by atoms with Crippen LogP contribution in [0, 0.1) is 25.5 Å². The second kappa shape index (κ2) is 4.50. The highest BCUT2D eigenvalue weighted by atomic mass is 35.5. The van der Waals surface area contributed by atoms with Gasteiger partial charge in [0, 0.05) is 0 Å². The first-order valence-electron chi connectivity index (χ1n) is 5.81. The minimum atomic E-state index is -0.532. The van der Waals surface area contributed by atoms with Crippen molar-refractivity contribution in [1.29, 1.82) is 0 Å². The number of hydrogen-bond acceptors (Lipinski definition) is 2. The topological polar surface area (TPSA) is 25.8 Å². The predicted octanol–water partition coefficient (Wildman–Crippen LogP) is 4.98. The van der Waals surface area contributed by atoms with Gasteiger partial charge in [0.15, 0.2) is 11.6 Å². The van der Waals surface area contributed by atoms with Crippen molar-refractivity contribution < 1.29 is 8.78 Å². The number of benzene rings is 2. The van der Waals surface area contributed by atoms with Gasteiger partial charge in [0.25, 0.3) is 0 Å². The molecule has 0 unspecified atom stereocenters. The summed E-state index contributed by atoms with van der Waals surface area (Å²) >= 11 is 12.1. The van der Waals surface area contributed by atoms with E-state index in [2.05, 4.69) is 9.97 Å². The first-order chi connectivity index (χ1) is 9.40. The Balaban J connectivity index is 2.60. The molecular formula is C14H8Cl2F2N2. The van der Waals surface area contributed by atoms with Crippen molar-refractivity contribution in [2.24, 2.45) is 0 Å². The van der Waals surface area contributed by atoms with Gasteiger partial charge < -0.3 is 0 Å². The van der Waals surface area contributed by atoms with Gasteiger partial charge in [0.1, 0.15) is 22.1 Å². The summed E-state index contributed by atoms with van der Waals surface area (Å²) in [6.45, 7) is 3.15. The molecule has 1 aromatic heterocycles. The Morgan fingerprint density at radius 3 is 1.45 bits per heavy atom. The molecule has 0 saturated carbocycles. The lowest BCUT2D eigenvalue weighted by Gasteiger charge is -2.08. The maximum atomic E-state index is 14.1. The number of halogens is 4. The minimum Gasteiger partial charge on any atom is -0.240 e. The van der Waals surface area contributed by atoms with Gasteiger partial charge in [-0.1, -0.05) is 23.2 Å². The summed E-state index contributed by atoms with van der Waals surface area (Å²) in [6, 6.07) is 2.88. The first kappa shape index (κ1) is 13.5. The van der Waals surface area contributed by atoms with Crippen molar-refractivity contribution in [3.8, 4) is 0 Å². The lowest BCUT2D eigenvalue weighted by Crippen LogP contribution is -1.97. The quantitative estimate of drug-likeness (QED) is 0.547. The molecule has 0 spiro atoms. The molecule has 0 aliphatic rings. The number of aryl methyl sites for hydroxylation is 2. The van der Waals surface area contributed by atoms with Crippen molar-refractivity contribution in [3.05, 3.63) is 44.9 Å². The summed E-state index contributed by atoms with van der Waals surface area (Å²) in [5.41, 5.74) is 0.936. The summed E-state index contributed by atoms with van der Waals surface area (Å²) in [4.78, 5) is 8.21. The van der Waals surface area contributed by atoms with Crippen LogP contribution in [0.4, 0.5) is 8.78 Å². The zero-order valence-corrected chi connectivity index (χ0v) is 12.1. The molecule has 6 heteroatoms. The second-order valence-electron chi connectivity index (χ2n) is 4.60. The molecule has 0 saturated heterocycles. The van der Waals surface area contributed by atoms with Gasteiger partial charge in [0.2, 0.25) is 0 Å². The van der Waals surface area contributed by atoms with Gasteiger partial charge in [-0.05, 0) is 37.1 Å². The molecule has 1 heterocycles. The number of fused-ring (bicyclic) bond motifs is 2. The minimum absolute atomic E-state index is 0.00680. The molecule has 102 valence electrons. The fourth-order valence-corrected chi connectivity index (χ4v) is 2.68. The van der Waals surface area contributed by atoms with Crippen molar-refractivity contribution in [2.75, 3.05) is 0 Å². The molecule has 2 aromatic carbocycles. The van der Waals surface area contributed by atoms with Crippen LogP contribution in [0.25, 0.3) is 22.1 Å². The monoisotopic (exact) mass is 312 g/mol. The van der Waals surface area contributed by atoms with E-state index in [1.807, 2.05) is 0 Å². The maximum absolute atomic E-state index is 14.1. The van der Waals surface area contributed by atoms with Crippen LogP contribution in [0.2, 0.25) is 10.0 Å². The van der Waals surface area contributed by atoms with E-state index in [-0.39, 0.29) is 32.1 Å². The maximum Gasteiger partial charge on any atom is 0.154 e. The first-order valence-corrected chi connectivity index (χ1v) is 6.56. The molecule has 2 nitrogen and oxygen atoms in total. The van der Waals surface area contributed by atoms with E-state index in [1.165, 1.54) is 12.1 Å². The van der Waals surface area contributed by atoms with Crippen molar-refractivity contribution in [1.82, 2.24) is 9.97 Å². The van der Waals surface area contributed by atoms with Crippen LogP contribution in [-0.4, -0.2) is 9.97 Å². The van der Waals surface area contributed by atoms with Crippen LogP contribution in [0.15, 0.2) is 12.1 Å². The van der Waals surface area contributed by atoms with Crippen LogP contribution < -0.4 is 0 Å². The zero-order chi connectivity index (χ0) is 14.6. The van der Waals surface area contributed by atoms with E-state index in [0.717, 1.165) is 0 Å². The standard InChI is InChI=1S/C14H8Cl2F2N2/c1-5-3-7(15)11-13(9(5)17)19-12-8(16)4-6(2)10(18)14(12)20-11/h3-4H,1-2H3. The van der Waals surface area contributed by atoms with Gasteiger partial charge in [-0.25, -0.2) is 18.7 Å². The molecule has 0 amide bonds. The summed E-state index contributed by atoms with van der Waals surface area (Å²) in [6.07, 6.45) is 0. The average Bonchev–Trinajstić information content (AvgIpc) is 2.41. The van der Waals surface area contributed by atoms with Crippen molar-refractivity contribution >= 4 is 45.3 Å². The average molecular weight is 313 g/mol. The third-order valence-electron chi connectivity index (χ3n) is 3.14. The highest BCUT2D eigenvalue weighted by Crippen LogP contribution is 2.31. The van der Waals surface area contributed by atoms with E-state index in [4.69, 9.17) is 23.2 Å². The van der Waals surface area contributed by atoms with Gasteiger partial charge in [-0.3, -0.25) is 0 Å². The van der Waals surface area contributed by atoms with E-state index >= 15 is 0 Å². The zero-order valence-electron chi connectivity index (χ0n) is 10.6. The van der Waals surface area contributed by atoms with Crippen LogP contribution in [0.5, 0.6) is 0 Å². The molecule has 3 aromatic rings. The van der Waals surface area contributed by atoms with Crippen molar-refractivity contribution in [2.45, 2.75) is 13.8 Å². The normalized spacial score (nSPS) is 11.5. The van der Waals surface area contributed by atoms with Crippen LogP contribution >= 0.6 is 23.2 Å². The molecule has 0 aliphatic carbocycles. The molecule has 0 bridgehead atoms. The van der Waals surface area contributed by atoms with E-state index in [1.54, 1.807) is 13.8 Å². The molecule has 20 heavy (non-hydrogen) atoms. The van der Waals surface area contributed by atoms with Crippen LogP contribution in [0.1, 0.15) is 11.1 Å². The third kappa shape index (κ3) is 1.83. The van der Waals surface area contributed by atoms with Crippen LogP contribution in [-0.2, 0) is 0 Å². The van der Waals surface area contributed by atoms with Gasteiger partial charge in [-0.2, -0.15) is 0 Å². The fraction of sp³-hybridized carbons (Fsp3) is 0.143. The highest BCUT2D eigenvalue weighted by molar-refractivity contribution is 6.36. The number of nitrogens with zero attached hydrogens (tertiary/aromatic N) is 2. The van der Waals surface area contributed by atoms with Gasteiger partial charge in [0.05, 0.1) is 10.0 Å². The largest absolute Gasteiger partial charge is 0.240 e. The summed E-state index contributed by atoms with van der Waals surface area (Å²) in [5, 5.41) is 0.454. The Morgan fingerprint density at radius 1 is 0.750 bits per heavy atom. The third-order valence-corrected chi connectivity index (χ3v) is 3.72. The number of rotatable bonds is 0. The Hall–Kier alpha value is -1.52.